The van der Waals surface area contributed by atoms with Gasteiger partial charge in [-0.15, -0.1) is 0 Å². The molecule has 0 bridgehead atoms. The van der Waals surface area contributed by atoms with Gasteiger partial charge in [0.2, 0.25) is 11.8 Å². The molecular weight excluding hydrogens is 356 g/mol. The fourth-order valence-corrected chi connectivity index (χ4v) is 5.36. The molecule has 5 rings (SSSR count). The summed E-state index contributed by atoms with van der Waals surface area (Å²) in [7, 11) is 0. The zero-order chi connectivity index (χ0) is 19.5. The quantitative estimate of drug-likeness (QED) is 0.745. The van der Waals surface area contributed by atoms with E-state index in [0.717, 1.165) is 37.3 Å². The van der Waals surface area contributed by atoms with E-state index in [9.17, 15) is 14.4 Å². The second-order valence-electron chi connectivity index (χ2n) is 8.81. The summed E-state index contributed by atoms with van der Waals surface area (Å²) in [6.45, 7) is 4.10. The number of hydrogen-bond donors (Lipinski definition) is 2. The number of piperidine rings is 1. The normalized spacial score (nSPS) is 28.8. The third-order valence-electron chi connectivity index (χ3n) is 7.13. The van der Waals surface area contributed by atoms with E-state index in [0.29, 0.717) is 29.9 Å². The molecule has 3 N–H and O–H groups in total. The van der Waals surface area contributed by atoms with Gasteiger partial charge in [-0.25, -0.2) is 0 Å². The Morgan fingerprint density at radius 1 is 1.21 bits per heavy atom. The molecule has 1 spiro atoms. The molecule has 0 aromatic heterocycles. The molecule has 2 atom stereocenters. The lowest BCUT2D eigenvalue weighted by molar-refractivity contribution is -0.136. The largest absolute Gasteiger partial charge is 0.330 e. The van der Waals surface area contributed by atoms with E-state index in [1.54, 1.807) is 4.90 Å². The van der Waals surface area contributed by atoms with Crippen molar-refractivity contribution < 1.29 is 14.4 Å². The molecule has 2 saturated heterocycles. The van der Waals surface area contributed by atoms with Gasteiger partial charge in [0.15, 0.2) is 0 Å². The van der Waals surface area contributed by atoms with Crippen molar-refractivity contribution in [1.29, 1.82) is 0 Å². The predicted octanol–water partition coefficient (Wildman–Crippen LogP) is 0.618. The highest BCUT2D eigenvalue weighted by molar-refractivity contribution is 6.05. The Bertz CT molecular complexity index is 863. The molecule has 1 saturated carbocycles. The number of imide groups is 1. The number of rotatable bonds is 4. The van der Waals surface area contributed by atoms with Crippen molar-refractivity contribution in [3.63, 3.8) is 0 Å². The Balaban J connectivity index is 1.35. The van der Waals surface area contributed by atoms with Gasteiger partial charge in [-0.05, 0) is 54.3 Å². The molecule has 7 nitrogen and oxygen atoms in total. The Labute approximate surface area is 164 Å². The van der Waals surface area contributed by atoms with Crippen LogP contribution in [0.15, 0.2) is 18.2 Å². The van der Waals surface area contributed by atoms with E-state index in [4.69, 9.17) is 5.73 Å². The molecule has 3 amide bonds. The Morgan fingerprint density at radius 3 is 2.71 bits per heavy atom. The number of nitrogens with zero attached hydrogens (tertiary/aromatic N) is 2. The standard InChI is InChI=1S/C21H26N4O3/c22-8-14-10-24(12-21(14)6-7-21)9-13-2-1-3-15-16(13)11-25(20(15)28)17-4-5-18(26)23-19(17)27/h1-3,14,17H,4-12,22H2,(H,23,26,27). The molecule has 148 valence electrons. The van der Waals surface area contributed by atoms with Crippen LogP contribution >= 0.6 is 0 Å². The fraction of sp³-hybridized carbons (Fsp3) is 0.571. The van der Waals surface area contributed by atoms with Crippen LogP contribution in [0.2, 0.25) is 0 Å². The minimum Gasteiger partial charge on any atom is -0.330 e. The summed E-state index contributed by atoms with van der Waals surface area (Å²) in [6, 6.07) is 5.31. The highest BCUT2D eigenvalue weighted by Crippen LogP contribution is 2.56. The maximum atomic E-state index is 13.0. The van der Waals surface area contributed by atoms with Crippen LogP contribution < -0.4 is 11.1 Å². The van der Waals surface area contributed by atoms with E-state index in [-0.39, 0.29) is 24.1 Å². The topological polar surface area (TPSA) is 95.7 Å². The van der Waals surface area contributed by atoms with E-state index >= 15 is 0 Å². The van der Waals surface area contributed by atoms with Gasteiger partial charge >= 0.3 is 0 Å². The summed E-state index contributed by atoms with van der Waals surface area (Å²) in [6.07, 6.45) is 3.23. The van der Waals surface area contributed by atoms with E-state index < -0.39 is 6.04 Å². The molecule has 0 radical (unpaired) electrons. The van der Waals surface area contributed by atoms with Gasteiger partial charge in [0.1, 0.15) is 6.04 Å². The number of likely N-dealkylation sites (tertiary alicyclic amines) is 1. The number of nitrogens with two attached hydrogens (primary N) is 1. The molecule has 3 heterocycles. The lowest BCUT2D eigenvalue weighted by Gasteiger charge is -2.29. The van der Waals surface area contributed by atoms with Crippen LogP contribution in [0.25, 0.3) is 0 Å². The second kappa shape index (κ2) is 6.39. The number of nitrogens with one attached hydrogen (secondary N) is 1. The zero-order valence-electron chi connectivity index (χ0n) is 15.9. The van der Waals surface area contributed by atoms with Crippen molar-refractivity contribution >= 4 is 17.7 Å². The molecule has 1 aromatic rings. The highest BCUT2D eigenvalue weighted by Gasteiger charge is 2.54. The van der Waals surface area contributed by atoms with Crippen LogP contribution in [0.5, 0.6) is 0 Å². The number of benzene rings is 1. The van der Waals surface area contributed by atoms with Gasteiger partial charge in [0.25, 0.3) is 5.91 Å². The first-order chi connectivity index (χ1) is 13.5. The maximum absolute atomic E-state index is 13.0. The Kier molecular flexibility index (Phi) is 4.07. The number of fused-ring (bicyclic) bond motifs is 1. The maximum Gasteiger partial charge on any atom is 0.255 e. The average Bonchev–Trinajstić information content (AvgIpc) is 3.24. The summed E-state index contributed by atoms with van der Waals surface area (Å²) >= 11 is 0. The van der Waals surface area contributed by atoms with Crippen molar-refractivity contribution in [1.82, 2.24) is 15.1 Å². The molecule has 4 aliphatic rings. The van der Waals surface area contributed by atoms with Crippen LogP contribution in [-0.4, -0.2) is 53.2 Å². The lowest BCUT2D eigenvalue weighted by Crippen LogP contribution is -2.52. The molecule has 3 aliphatic heterocycles. The van der Waals surface area contributed by atoms with E-state index in [1.165, 1.54) is 12.8 Å². The van der Waals surface area contributed by atoms with Crippen molar-refractivity contribution in [2.45, 2.75) is 44.8 Å². The van der Waals surface area contributed by atoms with Crippen molar-refractivity contribution in [2.75, 3.05) is 19.6 Å². The monoisotopic (exact) mass is 382 g/mol. The van der Waals surface area contributed by atoms with Gasteiger partial charge < -0.3 is 10.6 Å². The smallest absolute Gasteiger partial charge is 0.255 e. The first-order valence-electron chi connectivity index (χ1n) is 10.2. The Hall–Kier alpha value is -2.25. The van der Waals surface area contributed by atoms with E-state index in [2.05, 4.69) is 16.3 Å². The number of carbonyl (C=O) groups is 3. The number of carbonyl (C=O) groups excluding carboxylic acids is 3. The number of hydrogen-bond acceptors (Lipinski definition) is 5. The minimum absolute atomic E-state index is 0.105. The van der Waals surface area contributed by atoms with Crippen LogP contribution in [0.3, 0.4) is 0 Å². The molecule has 1 aromatic carbocycles. The van der Waals surface area contributed by atoms with Gasteiger partial charge in [-0.2, -0.15) is 0 Å². The molecular formula is C21H26N4O3. The van der Waals surface area contributed by atoms with Gasteiger partial charge in [-0.1, -0.05) is 12.1 Å². The molecule has 7 heteroatoms. The lowest BCUT2D eigenvalue weighted by atomic mass is 9.93. The highest BCUT2D eigenvalue weighted by atomic mass is 16.2. The third kappa shape index (κ3) is 2.76. The van der Waals surface area contributed by atoms with Crippen LogP contribution in [-0.2, 0) is 22.7 Å². The first kappa shape index (κ1) is 17.8. The van der Waals surface area contributed by atoms with Gasteiger partial charge in [0.05, 0.1) is 0 Å². The Morgan fingerprint density at radius 2 is 2.04 bits per heavy atom. The van der Waals surface area contributed by atoms with Crippen LogP contribution in [0.1, 0.15) is 47.2 Å². The van der Waals surface area contributed by atoms with Crippen LogP contribution in [0, 0.1) is 11.3 Å². The van der Waals surface area contributed by atoms with E-state index in [1.807, 2.05) is 12.1 Å². The first-order valence-corrected chi connectivity index (χ1v) is 10.2. The zero-order valence-corrected chi connectivity index (χ0v) is 15.9. The molecule has 2 unspecified atom stereocenters. The van der Waals surface area contributed by atoms with Crippen molar-refractivity contribution in [2.24, 2.45) is 17.1 Å². The average molecular weight is 382 g/mol. The summed E-state index contributed by atoms with van der Waals surface area (Å²) in [4.78, 5) is 40.8. The predicted molar refractivity (Wildman–Crippen MR) is 102 cm³/mol. The fourth-order valence-electron chi connectivity index (χ4n) is 5.36. The summed E-state index contributed by atoms with van der Waals surface area (Å²) in [5.74, 6) is -0.152. The summed E-state index contributed by atoms with van der Waals surface area (Å²) in [5.41, 5.74) is 9.31. The number of amides is 3. The minimum atomic E-state index is -0.561. The molecule has 1 aliphatic carbocycles. The molecule has 3 fully saturated rings. The van der Waals surface area contributed by atoms with Gasteiger partial charge in [-0.3, -0.25) is 24.6 Å². The van der Waals surface area contributed by atoms with Crippen LogP contribution in [0.4, 0.5) is 0 Å². The second-order valence-corrected chi connectivity index (χ2v) is 8.81. The van der Waals surface area contributed by atoms with Crippen molar-refractivity contribution in [3.05, 3.63) is 34.9 Å². The SMILES string of the molecule is NCC1CN(Cc2cccc3c2CN(C2CCC(=O)NC2=O)C3=O)CC12CC2. The van der Waals surface area contributed by atoms with Gasteiger partial charge in [0, 0.05) is 38.2 Å². The summed E-state index contributed by atoms with van der Waals surface area (Å²) < 4.78 is 0. The van der Waals surface area contributed by atoms with Crippen molar-refractivity contribution in [3.8, 4) is 0 Å². The summed E-state index contributed by atoms with van der Waals surface area (Å²) in [5, 5.41) is 2.36. The molecule has 28 heavy (non-hydrogen) atoms. The third-order valence-corrected chi connectivity index (χ3v) is 7.13.